The average molecular weight is 452 g/mol. The van der Waals surface area contributed by atoms with Crippen LogP contribution in [0.25, 0.3) is 0 Å². The molecule has 11 heteroatoms. The molecule has 0 unspecified atom stereocenters. The Hall–Kier alpha value is -2.88. The van der Waals surface area contributed by atoms with Gasteiger partial charge in [0.1, 0.15) is 17.1 Å². The zero-order chi connectivity index (χ0) is 22.0. The Kier molecular flexibility index (Phi) is 4.40. The SMILES string of the molecule is Nc1c(C(=O)N2CCC[C@@]3(C2)OC(=O)Nc2ccc(Cl)c(F)c23)cnn1CC1(F)CC1. The van der Waals surface area contributed by atoms with Crippen molar-refractivity contribution in [3.63, 3.8) is 0 Å². The topological polar surface area (TPSA) is 102 Å². The lowest BCUT2D eigenvalue weighted by atomic mass is 9.83. The fraction of sp³-hybridized carbons (Fsp3) is 0.450. The van der Waals surface area contributed by atoms with Crippen LogP contribution in [0.3, 0.4) is 0 Å². The molecule has 1 aliphatic carbocycles. The number of alkyl halides is 1. The van der Waals surface area contributed by atoms with Gasteiger partial charge in [0.2, 0.25) is 0 Å². The first-order valence-electron chi connectivity index (χ1n) is 9.99. The number of nitrogen functional groups attached to an aromatic ring is 1. The van der Waals surface area contributed by atoms with Gasteiger partial charge in [-0.2, -0.15) is 5.10 Å². The van der Waals surface area contributed by atoms with Gasteiger partial charge in [0.25, 0.3) is 5.91 Å². The monoisotopic (exact) mass is 451 g/mol. The Labute approximate surface area is 181 Å². The van der Waals surface area contributed by atoms with Crippen LogP contribution < -0.4 is 11.1 Å². The molecule has 1 saturated carbocycles. The molecule has 3 N–H and O–H groups in total. The van der Waals surface area contributed by atoms with E-state index in [2.05, 4.69) is 10.4 Å². The van der Waals surface area contributed by atoms with Gasteiger partial charge >= 0.3 is 6.09 Å². The Morgan fingerprint density at radius 3 is 2.87 bits per heavy atom. The number of aromatic nitrogens is 2. The number of fused-ring (bicyclic) bond motifs is 2. The first kappa shape index (κ1) is 20.0. The van der Waals surface area contributed by atoms with E-state index in [1.54, 1.807) is 0 Å². The third kappa shape index (κ3) is 3.29. The van der Waals surface area contributed by atoms with Crippen LogP contribution in [0.4, 0.5) is 25.1 Å². The highest BCUT2D eigenvalue weighted by Crippen LogP contribution is 2.45. The van der Waals surface area contributed by atoms with Crippen molar-refractivity contribution in [2.75, 3.05) is 24.1 Å². The van der Waals surface area contributed by atoms with Crippen molar-refractivity contribution < 1.29 is 23.1 Å². The van der Waals surface area contributed by atoms with E-state index in [1.165, 1.54) is 27.9 Å². The van der Waals surface area contributed by atoms with Gasteiger partial charge in [0.15, 0.2) is 11.4 Å². The summed E-state index contributed by atoms with van der Waals surface area (Å²) in [6, 6.07) is 2.86. The number of ether oxygens (including phenoxy) is 1. The Morgan fingerprint density at radius 2 is 2.13 bits per heavy atom. The largest absolute Gasteiger partial charge is 0.436 e. The summed E-state index contributed by atoms with van der Waals surface area (Å²) < 4.78 is 35.9. The van der Waals surface area contributed by atoms with E-state index in [4.69, 9.17) is 22.1 Å². The Morgan fingerprint density at radius 1 is 1.35 bits per heavy atom. The zero-order valence-electron chi connectivity index (χ0n) is 16.5. The maximum absolute atomic E-state index is 15.0. The van der Waals surface area contributed by atoms with Gasteiger partial charge in [-0.05, 0) is 37.8 Å². The highest BCUT2D eigenvalue weighted by Gasteiger charge is 2.49. The molecule has 0 radical (unpaired) electrons. The predicted molar refractivity (Wildman–Crippen MR) is 108 cm³/mol. The number of nitrogens with two attached hydrogens (primary N) is 1. The second-order valence-electron chi connectivity index (χ2n) is 8.38. The highest BCUT2D eigenvalue weighted by molar-refractivity contribution is 6.31. The number of hydrogen-bond donors (Lipinski definition) is 2. The van der Waals surface area contributed by atoms with E-state index >= 15 is 0 Å². The zero-order valence-corrected chi connectivity index (χ0v) is 17.2. The molecular formula is C20H20ClF2N5O3. The maximum atomic E-state index is 15.0. The molecule has 2 aromatic rings. The van der Waals surface area contributed by atoms with Crippen molar-refractivity contribution in [1.29, 1.82) is 0 Å². The summed E-state index contributed by atoms with van der Waals surface area (Å²) in [6.07, 6.45) is 2.26. The molecule has 164 valence electrons. The lowest BCUT2D eigenvalue weighted by Gasteiger charge is -2.45. The van der Waals surface area contributed by atoms with Gasteiger partial charge in [-0.15, -0.1) is 0 Å². The molecule has 1 atom stereocenters. The summed E-state index contributed by atoms with van der Waals surface area (Å²) in [5.41, 5.74) is 3.89. The third-order valence-corrected chi connectivity index (χ3v) is 6.45. The number of hydrogen-bond acceptors (Lipinski definition) is 5. The van der Waals surface area contributed by atoms with Crippen molar-refractivity contribution >= 4 is 35.1 Å². The summed E-state index contributed by atoms with van der Waals surface area (Å²) in [7, 11) is 0. The lowest BCUT2D eigenvalue weighted by Crippen LogP contribution is -2.53. The molecule has 8 nitrogen and oxygen atoms in total. The van der Waals surface area contributed by atoms with Crippen molar-refractivity contribution in [3.8, 4) is 0 Å². The molecule has 1 spiro atoms. The van der Waals surface area contributed by atoms with Gasteiger partial charge in [-0.25, -0.2) is 18.3 Å². The molecule has 1 aromatic carbocycles. The van der Waals surface area contributed by atoms with Crippen molar-refractivity contribution in [1.82, 2.24) is 14.7 Å². The molecule has 3 heterocycles. The van der Waals surface area contributed by atoms with Crippen LogP contribution in [0.2, 0.25) is 5.02 Å². The first-order chi connectivity index (χ1) is 14.7. The number of nitrogens with zero attached hydrogens (tertiary/aromatic N) is 3. The molecular weight excluding hydrogens is 432 g/mol. The standard InChI is InChI=1S/C20H20ClF2N5O3/c21-12-2-3-13-14(15(12)22)20(31-18(30)26-13)4-1-7-27(10-20)17(29)11-8-25-28(16(11)24)9-19(23)5-6-19/h2-3,8H,1,4-7,9-10,24H2,(H,26,30)/t20-/m0/s1. The van der Waals surface area contributed by atoms with Gasteiger partial charge in [-0.3, -0.25) is 10.1 Å². The second kappa shape index (κ2) is 6.81. The molecule has 2 amide bonds. The normalized spacial score (nSPS) is 23.8. The van der Waals surface area contributed by atoms with E-state index in [-0.39, 0.29) is 40.7 Å². The minimum absolute atomic E-state index is 0.00355. The van der Waals surface area contributed by atoms with Gasteiger partial charge in [0.05, 0.1) is 35.6 Å². The van der Waals surface area contributed by atoms with Crippen LogP contribution in [0, 0.1) is 5.82 Å². The summed E-state index contributed by atoms with van der Waals surface area (Å²) in [5.74, 6) is -1.06. The number of rotatable bonds is 3. The minimum Gasteiger partial charge on any atom is -0.436 e. The van der Waals surface area contributed by atoms with Crippen LogP contribution in [0.1, 0.15) is 41.6 Å². The fourth-order valence-corrected chi connectivity index (χ4v) is 4.52. The van der Waals surface area contributed by atoms with Gasteiger partial charge < -0.3 is 15.4 Å². The molecule has 1 aromatic heterocycles. The Balaban J connectivity index is 1.46. The number of likely N-dealkylation sites (tertiary alicyclic amines) is 1. The molecule has 31 heavy (non-hydrogen) atoms. The fourth-order valence-electron chi connectivity index (χ4n) is 4.36. The van der Waals surface area contributed by atoms with Crippen molar-refractivity contribution in [2.24, 2.45) is 0 Å². The lowest BCUT2D eigenvalue weighted by molar-refractivity contribution is -0.0418. The summed E-state index contributed by atoms with van der Waals surface area (Å²) in [5, 5.41) is 6.44. The number of benzene rings is 1. The van der Waals surface area contributed by atoms with Gasteiger partial charge in [-0.1, -0.05) is 11.6 Å². The molecule has 1 saturated heterocycles. The molecule has 5 rings (SSSR count). The van der Waals surface area contributed by atoms with E-state index in [0.717, 1.165) is 0 Å². The first-order valence-corrected chi connectivity index (χ1v) is 10.4. The third-order valence-electron chi connectivity index (χ3n) is 6.15. The highest BCUT2D eigenvalue weighted by atomic mass is 35.5. The van der Waals surface area contributed by atoms with Crippen LogP contribution >= 0.6 is 11.6 Å². The molecule has 2 aliphatic heterocycles. The number of carbonyl (C=O) groups excluding carboxylic acids is 2. The van der Waals surface area contributed by atoms with Crippen molar-refractivity contribution in [2.45, 2.75) is 43.5 Å². The van der Waals surface area contributed by atoms with E-state index < -0.39 is 29.1 Å². The molecule has 3 aliphatic rings. The average Bonchev–Trinajstić information content (AvgIpc) is 3.35. The van der Waals surface area contributed by atoms with Crippen LogP contribution in [-0.2, 0) is 16.9 Å². The predicted octanol–water partition coefficient (Wildman–Crippen LogP) is 3.45. The van der Waals surface area contributed by atoms with E-state index in [1.807, 2.05) is 0 Å². The Bertz CT molecular complexity index is 1100. The number of amides is 2. The molecule has 0 bridgehead atoms. The minimum atomic E-state index is -1.37. The number of nitrogens with one attached hydrogen (secondary N) is 1. The van der Waals surface area contributed by atoms with Crippen LogP contribution in [0.5, 0.6) is 0 Å². The number of halogens is 3. The summed E-state index contributed by atoms with van der Waals surface area (Å²) >= 11 is 5.98. The second-order valence-corrected chi connectivity index (χ2v) is 8.78. The molecule has 2 fully saturated rings. The van der Waals surface area contributed by atoms with Gasteiger partial charge in [0, 0.05) is 6.54 Å². The quantitative estimate of drug-likeness (QED) is 0.744. The number of anilines is 2. The van der Waals surface area contributed by atoms with E-state index in [0.29, 0.717) is 32.2 Å². The summed E-state index contributed by atoms with van der Waals surface area (Å²) in [6.45, 7) is 0.290. The number of carbonyl (C=O) groups is 2. The number of piperidine rings is 1. The summed E-state index contributed by atoms with van der Waals surface area (Å²) in [4.78, 5) is 26.8. The van der Waals surface area contributed by atoms with Crippen molar-refractivity contribution in [3.05, 3.63) is 40.3 Å². The van der Waals surface area contributed by atoms with Crippen LogP contribution in [-0.4, -0.2) is 45.4 Å². The smallest absolute Gasteiger partial charge is 0.412 e. The van der Waals surface area contributed by atoms with Crippen LogP contribution in [0.15, 0.2) is 18.3 Å². The maximum Gasteiger partial charge on any atom is 0.412 e. The van der Waals surface area contributed by atoms with E-state index in [9.17, 15) is 18.4 Å².